The Labute approximate surface area is 144 Å². The average molecular weight is 326 g/mol. The molecule has 2 rings (SSSR count). The van der Waals surface area contributed by atoms with E-state index < -0.39 is 0 Å². The van der Waals surface area contributed by atoms with Crippen molar-refractivity contribution in [3.8, 4) is 5.75 Å². The van der Waals surface area contributed by atoms with E-state index in [-0.39, 0.29) is 5.91 Å². The minimum atomic E-state index is -0.0465. The second kappa shape index (κ2) is 8.96. The van der Waals surface area contributed by atoms with Gasteiger partial charge in [0.1, 0.15) is 5.75 Å². The number of amides is 1. The number of nitrogens with one attached hydrogen (secondary N) is 1. The number of rotatable bonds is 8. The van der Waals surface area contributed by atoms with Crippen molar-refractivity contribution in [2.45, 2.75) is 20.3 Å². The van der Waals surface area contributed by atoms with E-state index in [1.54, 1.807) is 0 Å². The summed E-state index contributed by atoms with van der Waals surface area (Å²) in [5, 5.41) is 2.91. The topological polar surface area (TPSA) is 41.6 Å². The molecule has 128 valence electrons. The zero-order valence-corrected chi connectivity index (χ0v) is 14.7. The molecule has 0 aliphatic rings. The van der Waals surface area contributed by atoms with Gasteiger partial charge in [-0.05, 0) is 48.7 Å². The van der Waals surface area contributed by atoms with Crippen molar-refractivity contribution in [1.82, 2.24) is 0 Å². The molecule has 0 atom stereocenters. The first kappa shape index (κ1) is 17.9. The molecule has 4 heteroatoms. The molecule has 0 spiro atoms. The van der Waals surface area contributed by atoms with Gasteiger partial charge in [0.15, 0.2) is 0 Å². The van der Waals surface area contributed by atoms with Crippen LogP contribution in [0, 0.1) is 5.92 Å². The summed E-state index contributed by atoms with van der Waals surface area (Å²) >= 11 is 0. The maximum absolute atomic E-state index is 12.1. The summed E-state index contributed by atoms with van der Waals surface area (Å²) in [5.41, 5.74) is 1.79. The SMILES string of the molecule is CC(C)CCOc1ccc(NC(=O)CN(C)c2ccccc2)cc1. The van der Waals surface area contributed by atoms with Gasteiger partial charge in [-0.15, -0.1) is 0 Å². The molecule has 24 heavy (non-hydrogen) atoms. The Morgan fingerprint density at radius 3 is 2.38 bits per heavy atom. The van der Waals surface area contributed by atoms with Crippen molar-refractivity contribution in [3.05, 3.63) is 54.6 Å². The highest BCUT2D eigenvalue weighted by atomic mass is 16.5. The molecular weight excluding hydrogens is 300 g/mol. The molecule has 4 nitrogen and oxygen atoms in total. The van der Waals surface area contributed by atoms with Gasteiger partial charge in [-0.3, -0.25) is 4.79 Å². The second-order valence-electron chi connectivity index (χ2n) is 6.30. The van der Waals surface area contributed by atoms with Gasteiger partial charge in [0.25, 0.3) is 0 Å². The van der Waals surface area contributed by atoms with E-state index in [4.69, 9.17) is 4.74 Å². The fourth-order valence-corrected chi connectivity index (χ4v) is 2.24. The molecular formula is C20H26N2O2. The number of hydrogen-bond acceptors (Lipinski definition) is 3. The zero-order chi connectivity index (χ0) is 17.4. The summed E-state index contributed by atoms with van der Waals surface area (Å²) in [6, 6.07) is 17.3. The van der Waals surface area contributed by atoms with Gasteiger partial charge >= 0.3 is 0 Å². The third kappa shape index (κ3) is 5.95. The van der Waals surface area contributed by atoms with E-state index in [2.05, 4.69) is 19.2 Å². The Bertz CT molecular complexity index is 624. The Morgan fingerprint density at radius 2 is 1.75 bits per heavy atom. The summed E-state index contributed by atoms with van der Waals surface area (Å²) in [4.78, 5) is 14.1. The minimum absolute atomic E-state index is 0.0465. The molecule has 0 aliphatic carbocycles. The lowest BCUT2D eigenvalue weighted by molar-refractivity contribution is -0.114. The second-order valence-corrected chi connectivity index (χ2v) is 6.30. The molecule has 0 radical (unpaired) electrons. The summed E-state index contributed by atoms with van der Waals surface area (Å²) in [6.07, 6.45) is 1.03. The van der Waals surface area contributed by atoms with Gasteiger partial charge in [-0.1, -0.05) is 32.0 Å². The number of carbonyl (C=O) groups excluding carboxylic acids is 1. The van der Waals surface area contributed by atoms with Crippen molar-refractivity contribution < 1.29 is 9.53 Å². The van der Waals surface area contributed by atoms with Gasteiger partial charge in [-0.25, -0.2) is 0 Å². The van der Waals surface area contributed by atoms with E-state index in [1.807, 2.05) is 66.5 Å². The zero-order valence-electron chi connectivity index (χ0n) is 14.7. The van der Waals surface area contributed by atoms with Crippen LogP contribution < -0.4 is 15.0 Å². The molecule has 1 N–H and O–H groups in total. The van der Waals surface area contributed by atoms with Crippen molar-refractivity contribution in [2.75, 3.05) is 30.4 Å². The lowest BCUT2D eigenvalue weighted by atomic mass is 10.1. The van der Waals surface area contributed by atoms with Gasteiger partial charge in [0, 0.05) is 18.4 Å². The molecule has 0 aromatic heterocycles. The van der Waals surface area contributed by atoms with Crippen LogP contribution in [0.3, 0.4) is 0 Å². The molecule has 1 amide bonds. The highest BCUT2D eigenvalue weighted by Gasteiger charge is 2.07. The van der Waals surface area contributed by atoms with Gasteiger partial charge in [-0.2, -0.15) is 0 Å². The Balaban J connectivity index is 1.81. The largest absolute Gasteiger partial charge is 0.494 e. The standard InChI is InChI=1S/C20H26N2O2/c1-16(2)13-14-24-19-11-9-17(10-12-19)21-20(23)15-22(3)18-7-5-4-6-8-18/h4-12,16H,13-15H2,1-3H3,(H,21,23). The van der Waals surface area contributed by atoms with Crippen molar-refractivity contribution in [2.24, 2.45) is 5.92 Å². The van der Waals surface area contributed by atoms with Crippen LogP contribution in [-0.4, -0.2) is 26.1 Å². The third-order valence-electron chi connectivity index (χ3n) is 3.68. The average Bonchev–Trinajstić information content (AvgIpc) is 2.57. The molecule has 0 saturated carbocycles. The fraction of sp³-hybridized carbons (Fsp3) is 0.350. The van der Waals surface area contributed by atoms with Gasteiger partial charge in [0.2, 0.25) is 5.91 Å². The predicted molar refractivity (Wildman–Crippen MR) is 99.7 cm³/mol. The smallest absolute Gasteiger partial charge is 0.243 e. The first-order chi connectivity index (χ1) is 11.5. The monoisotopic (exact) mass is 326 g/mol. The Hall–Kier alpha value is -2.49. The van der Waals surface area contributed by atoms with E-state index in [0.29, 0.717) is 19.1 Å². The number of ether oxygens (including phenoxy) is 1. The van der Waals surface area contributed by atoms with Crippen LogP contribution in [0.25, 0.3) is 0 Å². The molecule has 0 aliphatic heterocycles. The van der Waals surface area contributed by atoms with Crippen LogP contribution in [0.2, 0.25) is 0 Å². The van der Waals surface area contributed by atoms with Crippen molar-refractivity contribution in [1.29, 1.82) is 0 Å². The number of hydrogen-bond donors (Lipinski definition) is 1. The lowest BCUT2D eigenvalue weighted by Gasteiger charge is -2.18. The van der Waals surface area contributed by atoms with Gasteiger partial charge in [0.05, 0.1) is 13.2 Å². The number of carbonyl (C=O) groups is 1. The maximum atomic E-state index is 12.1. The third-order valence-corrected chi connectivity index (χ3v) is 3.68. The number of likely N-dealkylation sites (N-methyl/N-ethyl adjacent to an activating group) is 1. The molecule has 2 aromatic rings. The lowest BCUT2D eigenvalue weighted by Crippen LogP contribution is -2.29. The first-order valence-electron chi connectivity index (χ1n) is 8.33. The molecule has 0 heterocycles. The number of benzene rings is 2. The van der Waals surface area contributed by atoms with Crippen LogP contribution in [0.1, 0.15) is 20.3 Å². The quantitative estimate of drug-likeness (QED) is 0.791. The van der Waals surface area contributed by atoms with Crippen LogP contribution in [0.4, 0.5) is 11.4 Å². The van der Waals surface area contributed by atoms with Crippen LogP contribution in [0.15, 0.2) is 54.6 Å². The number of para-hydroxylation sites is 1. The van der Waals surface area contributed by atoms with E-state index >= 15 is 0 Å². The molecule has 0 saturated heterocycles. The summed E-state index contributed by atoms with van der Waals surface area (Å²) in [6.45, 7) is 5.37. The summed E-state index contributed by atoms with van der Waals surface area (Å²) in [7, 11) is 1.90. The molecule has 2 aromatic carbocycles. The Kier molecular flexibility index (Phi) is 6.67. The molecule has 0 fully saturated rings. The maximum Gasteiger partial charge on any atom is 0.243 e. The highest BCUT2D eigenvalue weighted by molar-refractivity contribution is 5.94. The Morgan fingerprint density at radius 1 is 1.08 bits per heavy atom. The number of nitrogens with zero attached hydrogens (tertiary/aromatic N) is 1. The van der Waals surface area contributed by atoms with E-state index in [1.165, 1.54) is 0 Å². The first-order valence-corrected chi connectivity index (χ1v) is 8.33. The summed E-state index contributed by atoms with van der Waals surface area (Å²) in [5.74, 6) is 1.41. The van der Waals surface area contributed by atoms with Crippen LogP contribution >= 0.6 is 0 Å². The van der Waals surface area contributed by atoms with E-state index in [9.17, 15) is 4.79 Å². The number of anilines is 2. The predicted octanol–water partition coefficient (Wildman–Crippen LogP) is 4.19. The van der Waals surface area contributed by atoms with E-state index in [0.717, 1.165) is 23.5 Å². The summed E-state index contributed by atoms with van der Waals surface area (Å²) < 4.78 is 5.68. The minimum Gasteiger partial charge on any atom is -0.494 e. The van der Waals surface area contributed by atoms with Crippen LogP contribution in [0.5, 0.6) is 5.75 Å². The van der Waals surface area contributed by atoms with Crippen molar-refractivity contribution >= 4 is 17.3 Å². The van der Waals surface area contributed by atoms with Gasteiger partial charge < -0.3 is 15.0 Å². The molecule has 0 bridgehead atoms. The normalized spacial score (nSPS) is 10.5. The van der Waals surface area contributed by atoms with Crippen molar-refractivity contribution in [3.63, 3.8) is 0 Å². The fourth-order valence-electron chi connectivity index (χ4n) is 2.24. The molecule has 0 unspecified atom stereocenters. The van der Waals surface area contributed by atoms with Crippen LogP contribution in [-0.2, 0) is 4.79 Å². The highest BCUT2D eigenvalue weighted by Crippen LogP contribution is 2.17.